The monoisotopic (exact) mass is 269 g/mol. The summed E-state index contributed by atoms with van der Waals surface area (Å²) in [5.74, 6) is 0.0110. The smallest absolute Gasteiger partial charge is 0.231 e. The Bertz CT molecular complexity index is 390. The minimum Gasteiger partial charge on any atom is -0.329 e. The van der Waals surface area contributed by atoms with Gasteiger partial charge in [-0.25, -0.2) is 0 Å². The first kappa shape index (κ1) is 10.6. The maximum atomic E-state index is 11.8. The summed E-state index contributed by atoms with van der Waals surface area (Å²) in [6.45, 7) is 0.418. The van der Waals surface area contributed by atoms with Crippen molar-refractivity contribution in [2.45, 2.75) is 12.8 Å². The SMILES string of the molecule is NCC1(C(=O)Nc2ccncc2Br)CC1. The van der Waals surface area contributed by atoms with Gasteiger partial charge >= 0.3 is 0 Å². The van der Waals surface area contributed by atoms with Crippen LogP contribution in [0, 0.1) is 5.41 Å². The number of carbonyl (C=O) groups excluding carboxylic acids is 1. The molecule has 1 saturated carbocycles. The van der Waals surface area contributed by atoms with Crippen molar-refractivity contribution < 1.29 is 4.79 Å². The zero-order valence-corrected chi connectivity index (χ0v) is 9.75. The number of aromatic nitrogens is 1. The molecule has 15 heavy (non-hydrogen) atoms. The molecule has 1 aromatic rings. The Morgan fingerprint density at radius 2 is 2.40 bits per heavy atom. The second kappa shape index (κ2) is 3.90. The second-order valence-corrected chi connectivity index (χ2v) is 4.65. The van der Waals surface area contributed by atoms with Gasteiger partial charge in [-0.05, 0) is 34.8 Å². The molecular formula is C10H12BrN3O. The van der Waals surface area contributed by atoms with Crippen LogP contribution in [0.15, 0.2) is 22.9 Å². The lowest BCUT2D eigenvalue weighted by atomic mass is 10.1. The maximum Gasteiger partial charge on any atom is 0.231 e. The van der Waals surface area contributed by atoms with E-state index in [1.165, 1.54) is 0 Å². The minimum absolute atomic E-state index is 0.0110. The van der Waals surface area contributed by atoms with Crippen molar-refractivity contribution in [3.63, 3.8) is 0 Å². The largest absolute Gasteiger partial charge is 0.329 e. The van der Waals surface area contributed by atoms with Crippen LogP contribution in [0.25, 0.3) is 0 Å². The summed E-state index contributed by atoms with van der Waals surface area (Å²) >= 11 is 3.33. The van der Waals surface area contributed by atoms with E-state index >= 15 is 0 Å². The Balaban J connectivity index is 2.10. The zero-order chi connectivity index (χ0) is 10.9. The number of pyridine rings is 1. The Kier molecular flexibility index (Phi) is 2.75. The van der Waals surface area contributed by atoms with Crippen LogP contribution >= 0.6 is 15.9 Å². The lowest BCUT2D eigenvalue weighted by Crippen LogP contribution is -2.30. The lowest BCUT2D eigenvalue weighted by Gasteiger charge is -2.13. The molecule has 0 aliphatic heterocycles. The Hall–Kier alpha value is -0.940. The average molecular weight is 270 g/mol. The van der Waals surface area contributed by atoms with Gasteiger partial charge in [-0.15, -0.1) is 0 Å². The van der Waals surface area contributed by atoms with Gasteiger partial charge in [0.15, 0.2) is 0 Å². The van der Waals surface area contributed by atoms with Gasteiger partial charge in [-0.2, -0.15) is 0 Å². The Morgan fingerprint density at radius 1 is 1.67 bits per heavy atom. The van der Waals surface area contributed by atoms with Crippen LogP contribution in [0.4, 0.5) is 5.69 Å². The van der Waals surface area contributed by atoms with E-state index < -0.39 is 0 Å². The third kappa shape index (κ3) is 2.03. The van der Waals surface area contributed by atoms with Crippen molar-refractivity contribution in [3.8, 4) is 0 Å². The molecule has 0 aromatic carbocycles. The first-order valence-electron chi connectivity index (χ1n) is 4.79. The van der Waals surface area contributed by atoms with E-state index in [1.54, 1.807) is 18.5 Å². The first-order valence-corrected chi connectivity index (χ1v) is 5.58. The molecule has 1 aliphatic carbocycles. The molecule has 1 aromatic heterocycles. The van der Waals surface area contributed by atoms with Crippen molar-refractivity contribution in [2.75, 3.05) is 11.9 Å². The Morgan fingerprint density at radius 3 is 2.93 bits per heavy atom. The quantitative estimate of drug-likeness (QED) is 0.875. The van der Waals surface area contributed by atoms with Gasteiger partial charge in [0.25, 0.3) is 0 Å². The van der Waals surface area contributed by atoms with Crippen molar-refractivity contribution in [1.29, 1.82) is 0 Å². The van der Waals surface area contributed by atoms with Crippen molar-refractivity contribution >= 4 is 27.5 Å². The molecule has 3 N–H and O–H groups in total. The average Bonchev–Trinajstić information content (AvgIpc) is 3.02. The van der Waals surface area contributed by atoms with Gasteiger partial charge < -0.3 is 11.1 Å². The fourth-order valence-electron chi connectivity index (χ4n) is 1.41. The van der Waals surface area contributed by atoms with Crippen molar-refractivity contribution in [1.82, 2.24) is 4.98 Å². The number of nitrogens with one attached hydrogen (secondary N) is 1. The number of hydrogen-bond donors (Lipinski definition) is 2. The summed E-state index contributed by atoms with van der Waals surface area (Å²) in [4.78, 5) is 15.8. The molecule has 1 aliphatic rings. The van der Waals surface area contributed by atoms with Gasteiger partial charge in [0.1, 0.15) is 0 Å². The summed E-state index contributed by atoms with van der Waals surface area (Å²) in [5.41, 5.74) is 6.00. The van der Waals surface area contributed by atoms with Crippen LogP contribution in [0.5, 0.6) is 0 Å². The highest BCUT2D eigenvalue weighted by Crippen LogP contribution is 2.45. The number of nitrogens with two attached hydrogens (primary N) is 1. The van der Waals surface area contributed by atoms with E-state index in [4.69, 9.17) is 5.73 Å². The number of halogens is 1. The molecular weight excluding hydrogens is 258 g/mol. The van der Waals surface area contributed by atoms with Gasteiger partial charge in [0, 0.05) is 18.9 Å². The Labute approximate surface area is 96.4 Å². The van der Waals surface area contributed by atoms with E-state index in [2.05, 4.69) is 26.2 Å². The van der Waals surface area contributed by atoms with Gasteiger partial charge in [-0.3, -0.25) is 9.78 Å². The molecule has 0 atom stereocenters. The number of hydrogen-bond acceptors (Lipinski definition) is 3. The number of nitrogens with zero attached hydrogens (tertiary/aromatic N) is 1. The van der Waals surface area contributed by atoms with Crippen LogP contribution < -0.4 is 11.1 Å². The normalized spacial score (nSPS) is 17.2. The number of amides is 1. The van der Waals surface area contributed by atoms with Gasteiger partial charge in [0.2, 0.25) is 5.91 Å². The summed E-state index contributed by atoms with van der Waals surface area (Å²) in [7, 11) is 0. The highest BCUT2D eigenvalue weighted by molar-refractivity contribution is 9.10. The van der Waals surface area contributed by atoms with E-state index in [9.17, 15) is 4.79 Å². The first-order chi connectivity index (χ1) is 7.18. The van der Waals surface area contributed by atoms with Crippen LogP contribution in [-0.4, -0.2) is 17.4 Å². The minimum atomic E-state index is -0.317. The van der Waals surface area contributed by atoms with E-state index in [0.717, 1.165) is 23.0 Å². The van der Waals surface area contributed by atoms with Crippen LogP contribution in [-0.2, 0) is 4.79 Å². The lowest BCUT2D eigenvalue weighted by molar-refractivity contribution is -0.120. The predicted octanol–water partition coefficient (Wildman–Crippen LogP) is 1.52. The van der Waals surface area contributed by atoms with Crippen molar-refractivity contribution in [3.05, 3.63) is 22.9 Å². The molecule has 5 heteroatoms. The maximum absolute atomic E-state index is 11.8. The summed E-state index contributed by atoms with van der Waals surface area (Å²) < 4.78 is 0.783. The molecule has 1 heterocycles. The summed E-state index contributed by atoms with van der Waals surface area (Å²) in [6, 6.07) is 1.76. The third-order valence-electron chi connectivity index (χ3n) is 2.75. The van der Waals surface area contributed by atoms with E-state index in [1.807, 2.05) is 0 Å². The van der Waals surface area contributed by atoms with Gasteiger partial charge in [0.05, 0.1) is 15.6 Å². The number of rotatable bonds is 3. The highest BCUT2D eigenvalue weighted by Gasteiger charge is 2.48. The van der Waals surface area contributed by atoms with Crippen molar-refractivity contribution in [2.24, 2.45) is 11.1 Å². The molecule has 1 amide bonds. The highest BCUT2D eigenvalue weighted by atomic mass is 79.9. The van der Waals surface area contributed by atoms with E-state index in [0.29, 0.717) is 6.54 Å². The molecule has 1 fully saturated rings. The van der Waals surface area contributed by atoms with Crippen LogP contribution in [0.2, 0.25) is 0 Å². The zero-order valence-electron chi connectivity index (χ0n) is 8.16. The van der Waals surface area contributed by atoms with Crippen LogP contribution in [0.1, 0.15) is 12.8 Å². The molecule has 80 valence electrons. The molecule has 4 nitrogen and oxygen atoms in total. The number of carbonyl (C=O) groups is 1. The molecule has 0 unspecified atom stereocenters. The number of anilines is 1. The fraction of sp³-hybridized carbons (Fsp3) is 0.400. The summed E-state index contributed by atoms with van der Waals surface area (Å²) in [6.07, 6.45) is 5.07. The fourth-order valence-corrected chi connectivity index (χ4v) is 1.76. The second-order valence-electron chi connectivity index (χ2n) is 3.79. The summed E-state index contributed by atoms with van der Waals surface area (Å²) in [5, 5.41) is 2.86. The molecule has 2 rings (SSSR count). The van der Waals surface area contributed by atoms with E-state index in [-0.39, 0.29) is 11.3 Å². The molecule has 0 radical (unpaired) electrons. The molecule has 0 saturated heterocycles. The molecule has 0 spiro atoms. The predicted molar refractivity (Wildman–Crippen MR) is 61.3 cm³/mol. The topological polar surface area (TPSA) is 68.0 Å². The molecule has 0 bridgehead atoms. The third-order valence-corrected chi connectivity index (χ3v) is 3.38. The van der Waals surface area contributed by atoms with Gasteiger partial charge in [-0.1, -0.05) is 0 Å². The standard InChI is InChI=1S/C10H12BrN3O/c11-7-5-13-4-1-8(7)14-9(15)10(6-12)2-3-10/h1,4-5H,2-3,6,12H2,(H,13,14,15). The van der Waals surface area contributed by atoms with Crippen LogP contribution in [0.3, 0.4) is 0 Å².